The molecule has 4 amide bonds. The van der Waals surface area contributed by atoms with Gasteiger partial charge in [-0.1, -0.05) is 11.6 Å². The van der Waals surface area contributed by atoms with Crippen molar-refractivity contribution in [3.05, 3.63) is 32.9 Å². The van der Waals surface area contributed by atoms with Crippen LogP contribution in [0.3, 0.4) is 0 Å². The zero-order valence-corrected chi connectivity index (χ0v) is 22.8. The van der Waals surface area contributed by atoms with Crippen LogP contribution in [0.5, 0.6) is 11.5 Å². The number of phenols is 1. The fourth-order valence-corrected chi connectivity index (χ4v) is 8.06. The SMILES string of the molecule is CCN1C(=O)[C@H]2[C@H](CC=C3[C@H]2C[C@@]2(Cl)C(=O)N(C)C(=O)[C@@]2(Cl)[C@H]3c2cc(I)c(O)c(OC)c2)C1=O. The smallest absolute Gasteiger partial charge is 0.253 e. The monoisotopic (exact) mass is 632 g/mol. The fraction of sp³-hybridized carbons (Fsp3) is 0.500. The van der Waals surface area contributed by atoms with Crippen molar-refractivity contribution in [2.24, 2.45) is 17.8 Å². The number of imide groups is 2. The lowest BCUT2D eigenvalue weighted by Crippen LogP contribution is -2.60. The molecule has 2 aliphatic heterocycles. The minimum Gasteiger partial charge on any atom is -0.504 e. The summed E-state index contributed by atoms with van der Waals surface area (Å²) in [5.41, 5.74) is 1.23. The quantitative estimate of drug-likeness (QED) is 0.238. The molecule has 8 nitrogen and oxygen atoms in total. The van der Waals surface area contributed by atoms with E-state index in [0.29, 0.717) is 21.1 Å². The molecule has 1 saturated carbocycles. The van der Waals surface area contributed by atoms with Gasteiger partial charge in [-0.15, -0.1) is 23.2 Å². The Hall–Kier alpha value is -1.85. The van der Waals surface area contributed by atoms with Gasteiger partial charge in [0, 0.05) is 19.5 Å². The van der Waals surface area contributed by atoms with Crippen LogP contribution in [0, 0.1) is 21.3 Å². The minimum absolute atomic E-state index is 0.0423. The molecule has 2 aliphatic carbocycles. The number of methoxy groups -OCH3 is 1. The van der Waals surface area contributed by atoms with E-state index in [1.54, 1.807) is 19.1 Å². The molecule has 2 heterocycles. The van der Waals surface area contributed by atoms with Gasteiger partial charge in [0.05, 0.1) is 22.5 Å². The number of carbonyl (C=O) groups is 4. The Bertz CT molecular complexity index is 1240. The van der Waals surface area contributed by atoms with Gasteiger partial charge in [0.15, 0.2) is 21.2 Å². The summed E-state index contributed by atoms with van der Waals surface area (Å²) in [6.45, 7) is 2.01. The minimum atomic E-state index is -1.86. The second-order valence-electron chi connectivity index (χ2n) is 9.47. The molecule has 6 atom stereocenters. The molecule has 11 heteroatoms. The number of likely N-dealkylation sites (tertiary alicyclic amines) is 2. The lowest BCUT2D eigenvalue weighted by molar-refractivity contribution is -0.141. The summed E-state index contributed by atoms with van der Waals surface area (Å²) in [7, 11) is 2.75. The molecule has 1 aromatic carbocycles. The number of phenolic OH excluding ortho intramolecular Hbond substituents is 1. The highest BCUT2D eigenvalue weighted by Gasteiger charge is 2.75. The molecule has 0 unspecified atom stereocenters. The molecule has 4 aliphatic rings. The standard InChI is InChI=1S/C24H23Cl2IN2O6/c1-4-29-19(31)12-6-5-11-13(16(12)20(29)32)9-23(25)21(33)28(2)22(34)24(23,26)17(11)10-7-14(27)18(30)15(8-10)35-3/h5,7-8,12-13,16-17,30H,4,6,9H2,1-3H3/t12-,13+,16-,17-,23+,24-/m0/s1. The molecular formula is C24H23Cl2IN2O6. The highest BCUT2D eigenvalue weighted by molar-refractivity contribution is 14.1. The Morgan fingerprint density at radius 2 is 1.83 bits per heavy atom. The average molecular weight is 633 g/mol. The van der Waals surface area contributed by atoms with Gasteiger partial charge >= 0.3 is 0 Å². The first kappa shape index (κ1) is 24.8. The number of rotatable bonds is 3. The van der Waals surface area contributed by atoms with E-state index in [9.17, 15) is 24.3 Å². The van der Waals surface area contributed by atoms with Gasteiger partial charge in [0.2, 0.25) is 11.8 Å². The number of alkyl halides is 2. The highest BCUT2D eigenvalue weighted by atomic mass is 127. The molecule has 186 valence electrons. The Labute approximate surface area is 225 Å². The maximum Gasteiger partial charge on any atom is 0.253 e. The first-order valence-electron chi connectivity index (χ1n) is 11.3. The molecule has 3 fully saturated rings. The van der Waals surface area contributed by atoms with E-state index in [1.165, 1.54) is 19.1 Å². The Morgan fingerprint density at radius 1 is 1.14 bits per heavy atom. The van der Waals surface area contributed by atoms with Crippen LogP contribution in [-0.2, 0) is 19.2 Å². The molecule has 1 N–H and O–H groups in total. The van der Waals surface area contributed by atoms with E-state index >= 15 is 0 Å². The number of hydrogen-bond donors (Lipinski definition) is 1. The van der Waals surface area contributed by atoms with Crippen molar-refractivity contribution < 1.29 is 29.0 Å². The number of allylic oxidation sites excluding steroid dienone is 2. The van der Waals surface area contributed by atoms with E-state index in [0.717, 1.165) is 4.90 Å². The Morgan fingerprint density at radius 3 is 2.46 bits per heavy atom. The van der Waals surface area contributed by atoms with Gasteiger partial charge < -0.3 is 9.84 Å². The number of carbonyl (C=O) groups excluding carboxylic acids is 4. The van der Waals surface area contributed by atoms with Crippen LogP contribution in [0.15, 0.2) is 23.8 Å². The van der Waals surface area contributed by atoms with Crippen molar-refractivity contribution in [1.29, 1.82) is 0 Å². The number of amides is 4. The Kier molecular flexibility index (Phi) is 5.73. The third-order valence-corrected chi connectivity index (χ3v) is 10.3. The van der Waals surface area contributed by atoms with Gasteiger partial charge in [-0.3, -0.25) is 29.0 Å². The number of nitrogens with zero attached hydrogens (tertiary/aromatic N) is 2. The molecule has 0 aromatic heterocycles. The van der Waals surface area contributed by atoms with Crippen LogP contribution in [0.2, 0.25) is 0 Å². The third-order valence-electron chi connectivity index (χ3n) is 8.03. The summed E-state index contributed by atoms with van der Waals surface area (Å²) in [4.78, 5) is 51.7. The van der Waals surface area contributed by atoms with Crippen molar-refractivity contribution in [3.8, 4) is 11.5 Å². The first-order chi connectivity index (χ1) is 16.4. The molecule has 5 rings (SSSR count). The molecule has 35 heavy (non-hydrogen) atoms. The van der Waals surface area contributed by atoms with Crippen molar-refractivity contribution in [1.82, 2.24) is 9.80 Å². The molecule has 0 bridgehead atoms. The third kappa shape index (κ3) is 2.97. The topological polar surface area (TPSA) is 104 Å². The summed E-state index contributed by atoms with van der Waals surface area (Å²) in [6, 6.07) is 3.25. The van der Waals surface area contributed by atoms with Crippen molar-refractivity contribution in [2.75, 3.05) is 20.7 Å². The molecule has 0 radical (unpaired) electrons. The van der Waals surface area contributed by atoms with Crippen LogP contribution in [0.1, 0.15) is 31.2 Å². The van der Waals surface area contributed by atoms with Crippen molar-refractivity contribution in [3.63, 3.8) is 0 Å². The predicted molar refractivity (Wildman–Crippen MR) is 135 cm³/mol. The summed E-state index contributed by atoms with van der Waals surface area (Å²) < 4.78 is 5.80. The maximum atomic E-state index is 13.5. The number of hydrogen-bond acceptors (Lipinski definition) is 6. The zero-order chi connectivity index (χ0) is 25.6. The lowest BCUT2D eigenvalue weighted by Gasteiger charge is -2.50. The van der Waals surface area contributed by atoms with E-state index in [2.05, 4.69) is 0 Å². The summed E-state index contributed by atoms with van der Waals surface area (Å²) in [5, 5.41) is 10.4. The molecule has 2 saturated heterocycles. The molecule has 1 aromatic rings. The number of halogens is 3. The van der Waals surface area contributed by atoms with Gasteiger partial charge in [0.25, 0.3) is 11.8 Å². The van der Waals surface area contributed by atoms with E-state index in [1.807, 2.05) is 28.7 Å². The van der Waals surface area contributed by atoms with Crippen molar-refractivity contribution in [2.45, 2.75) is 35.4 Å². The largest absolute Gasteiger partial charge is 0.504 e. The van der Waals surface area contributed by atoms with Crippen molar-refractivity contribution >= 4 is 69.4 Å². The fourth-order valence-electron chi connectivity index (χ4n) is 6.41. The van der Waals surface area contributed by atoms with Gasteiger partial charge in [-0.2, -0.15) is 0 Å². The lowest BCUT2D eigenvalue weighted by atomic mass is 9.56. The van der Waals surface area contributed by atoms with E-state index in [-0.39, 0.29) is 36.3 Å². The first-order valence-corrected chi connectivity index (χ1v) is 13.1. The summed E-state index contributed by atoms with van der Waals surface area (Å²) >= 11 is 16.2. The normalized spacial score (nSPS) is 36.2. The van der Waals surface area contributed by atoms with Crippen LogP contribution in [-0.4, -0.2) is 69.0 Å². The highest BCUT2D eigenvalue weighted by Crippen LogP contribution is 2.65. The van der Waals surface area contributed by atoms with Gasteiger partial charge in [-0.05, 0) is 66.0 Å². The number of benzene rings is 1. The van der Waals surface area contributed by atoms with E-state index in [4.69, 9.17) is 27.9 Å². The van der Waals surface area contributed by atoms with Gasteiger partial charge in [0.1, 0.15) is 0 Å². The maximum absolute atomic E-state index is 13.5. The number of fused-ring (bicyclic) bond motifs is 4. The predicted octanol–water partition coefficient (Wildman–Crippen LogP) is 3.01. The van der Waals surface area contributed by atoms with Gasteiger partial charge in [-0.25, -0.2) is 0 Å². The average Bonchev–Trinajstić information content (AvgIpc) is 3.15. The number of aromatic hydroxyl groups is 1. The molecule has 0 spiro atoms. The summed E-state index contributed by atoms with van der Waals surface area (Å²) in [6.07, 6.45) is 2.16. The molecular weight excluding hydrogens is 610 g/mol. The van der Waals surface area contributed by atoms with Crippen LogP contribution >= 0.6 is 45.8 Å². The van der Waals surface area contributed by atoms with Crippen LogP contribution < -0.4 is 4.74 Å². The number of ether oxygens (including phenoxy) is 1. The summed E-state index contributed by atoms with van der Waals surface area (Å²) in [5.74, 6) is -4.34. The second-order valence-corrected chi connectivity index (χ2v) is 11.9. The van der Waals surface area contributed by atoms with Crippen LogP contribution in [0.25, 0.3) is 0 Å². The van der Waals surface area contributed by atoms with E-state index < -0.39 is 45.2 Å². The second kappa shape index (κ2) is 8.08. The zero-order valence-electron chi connectivity index (χ0n) is 19.2. The Balaban J connectivity index is 1.76. The van der Waals surface area contributed by atoms with Crippen LogP contribution in [0.4, 0.5) is 0 Å².